The Bertz CT molecular complexity index is 857. The van der Waals surface area contributed by atoms with Gasteiger partial charge in [0, 0.05) is 18.6 Å². The van der Waals surface area contributed by atoms with Crippen LogP contribution in [0, 0.1) is 0 Å². The number of ketones is 1. The van der Waals surface area contributed by atoms with Crippen LogP contribution in [0.15, 0.2) is 78.9 Å². The maximum Gasteiger partial charge on any atom is 0.350 e. The predicted molar refractivity (Wildman–Crippen MR) is 119 cm³/mol. The minimum absolute atomic E-state index is 0.598. The molecule has 0 saturated carbocycles. The molecule has 0 amide bonds. The topological polar surface area (TPSA) is 39.0 Å². The van der Waals surface area contributed by atoms with Gasteiger partial charge in [0.1, 0.15) is 17.3 Å². The molecule has 0 aliphatic heterocycles. The van der Waals surface area contributed by atoms with Crippen LogP contribution in [0.1, 0.15) is 29.4 Å². The molecule has 4 heteroatoms. The zero-order chi connectivity index (χ0) is 20.9. The van der Waals surface area contributed by atoms with Crippen molar-refractivity contribution in [1.29, 1.82) is 0 Å². The first-order chi connectivity index (χ1) is 14.2. The van der Waals surface area contributed by atoms with E-state index in [0.717, 1.165) is 34.2 Å². The summed E-state index contributed by atoms with van der Waals surface area (Å²) in [6.45, 7) is 5.14. The summed E-state index contributed by atoms with van der Waals surface area (Å²) in [7, 11) is 3.31. The first kappa shape index (κ1) is 22.0. The Balaban J connectivity index is 2.11. The fourth-order valence-corrected chi connectivity index (χ4v) is 2.63. The Morgan fingerprint density at radius 1 is 0.793 bits per heavy atom. The first-order valence-corrected chi connectivity index (χ1v) is 9.68. The summed E-state index contributed by atoms with van der Waals surface area (Å²) in [4.78, 5) is 0. The zero-order valence-corrected chi connectivity index (χ0v) is 17.6. The van der Waals surface area contributed by atoms with Gasteiger partial charge in [0.05, 0.1) is 26.4 Å². The molecule has 29 heavy (non-hydrogen) atoms. The van der Waals surface area contributed by atoms with E-state index in [9.17, 15) is 0 Å². The van der Waals surface area contributed by atoms with Crippen LogP contribution in [0.25, 0.3) is 5.76 Å². The van der Waals surface area contributed by atoms with Crippen LogP contribution < -0.4 is 9.47 Å². The highest BCUT2D eigenvalue weighted by Gasteiger charge is 2.10. The van der Waals surface area contributed by atoms with Crippen molar-refractivity contribution >= 4 is 11.5 Å². The fourth-order valence-electron chi connectivity index (χ4n) is 2.63. The van der Waals surface area contributed by atoms with Crippen molar-refractivity contribution in [3.63, 3.8) is 0 Å². The van der Waals surface area contributed by atoms with E-state index in [1.54, 1.807) is 14.2 Å². The highest BCUT2D eigenvalue weighted by molar-refractivity contribution is 6.05. The molecular weight excluding hydrogens is 364 g/mol. The third-order valence-corrected chi connectivity index (χ3v) is 4.07. The molecule has 0 heterocycles. The van der Waals surface area contributed by atoms with E-state index in [4.69, 9.17) is 18.6 Å². The number of rotatable bonds is 10. The monoisotopic (exact) mass is 393 g/mol. The van der Waals surface area contributed by atoms with E-state index < -0.39 is 0 Å². The van der Waals surface area contributed by atoms with Crippen LogP contribution in [-0.2, 0) is 4.74 Å². The van der Waals surface area contributed by atoms with Crippen LogP contribution in [-0.4, -0.2) is 33.2 Å². The third kappa shape index (κ3) is 7.00. The van der Waals surface area contributed by atoms with Crippen molar-refractivity contribution in [2.45, 2.75) is 13.8 Å². The van der Waals surface area contributed by atoms with E-state index in [-0.39, 0.29) is 0 Å². The predicted octanol–water partition coefficient (Wildman–Crippen LogP) is 5.63. The number of methoxy groups -OCH3 is 2. The van der Waals surface area contributed by atoms with Crippen LogP contribution in [0.3, 0.4) is 0 Å². The summed E-state index contributed by atoms with van der Waals surface area (Å²) in [5.41, 5.74) is 2.00. The molecule has 2 aromatic rings. The molecule has 0 fully saturated rings. The molecule has 0 aliphatic rings. The van der Waals surface area contributed by atoms with Crippen LogP contribution >= 0.6 is 0 Å². The normalized spacial score (nSPS) is 12.6. The van der Waals surface area contributed by atoms with E-state index in [1.165, 1.54) is 0 Å². The molecule has 0 spiro atoms. The lowest BCUT2D eigenvalue weighted by Gasteiger charge is -2.08. The molecule has 4 nitrogen and oxygen atoms in total. The zero-order valence-electron chi connectivity index (χ0n) is 17.6. The molecule has 2 rings (SSSR count). The maximum absolute atomic E-state index is 5.76. The first-order valence-electron chi connectivity index (χ1n) is 9.68. The average Bonchev–Trinajstić information content (AvgIpc) is 2.77. The molecule has 0 aliphatic carbocycles. The van der Waals surface area contributed by atoms with Gasteiger partial charge in [-0.3, -0.25) is 4.42 Å². The smallest absolute Gasteiger partial charge is 0.350 e. The van der Waals surface area contributed by atoms with Crippen molar-refractivity contribution < 1.29 is 18.6 Å². The van der Waals surface area contributed by atoms with Crippen molar-refractivity contribution in [3.05, 3.63) is 90.0 Å². The van der Waals surface area contributed by atoms with Crippen molar-refractivity contribution in [2.75, 3.05) is 27.4 Å². The molecule has 0 unspecified atom stereocenters. The highest BCUT2D eigenvalue weighted by atomic mass is 16.5. The SMILES string of the molecule is CCOC(=CC=CC=CC(=[O+]CC)c1ccc(OC)cc1)c1ccc(OC)cc1. The number of benzene rings is 2. The van der Waals surface area contributed by atoms with Crippen LogP contribution in [0.4, 0.5) is 0 Å². The molecule has 0 N–H and O–H groups in total. The van der Waals surface area contributed by atoms with Gasteiger partial charge in [-0.15, -0.1) is 0 Å². The van der Waals surface area contributed by atoms with Crippen LogP contribution in [0.2, 0.25) is 0 Å². The van der Waals surface area contributed by atoms with Crippen molar-refractivity contribution in [1.82, 2.24) is 0 Å². The van der Waals surface area contributed by atoms with Gasteiger partial charge >= 0.3 is 5.78 Å². The Morgan fingerprint density at radius 2 is 1.38 bits per heavy atom. The summed E-state index contributed by atoms with van der Waals surface area (Å²) in [5, 5.41) is 0. The van der Waals surface area contributed by atoms with E-state index >= 15 is 0 Å². The van der Waals surface area contributed by atoms with Gasteiger partial charge in [0.15, 0.2) is 0 Å². The number of allylic oxidation sites excluding steroid dienone is 5. The maximum atomic E-state index is 5.76. The Labute approximate surface area is 173 Å². The fraction of sp³-hybridized carbons (Fsp3) is 0.240. The van der Waals surface area contributed by atoms with E-state index in [2.05, 4.69) is 0 Å². The standard InChI is InChI=1S/C25H29O4/c1-5-28-24(20-12-16-22(26-3)17-13-20)10-8-7-9-11-25(29-6-2)21-14-18-23(27-4)19-15-21/h7-19H,5-6H2,1-4H3/q+1. The largest absolute Gasteiger partial charge is 0.497 e. The number of hydrogen-bond donors (Lipinski definition) is 0. The lowest BCUT2D eigenvalue weighted by atomic mass is 10.1. The minimum Gasteiger partial charge on any atom is -0.497 e. The quantitative estimate of drug-likeness (QED) is 0.173. The number of ether oxygens (including phenoxy) is 3. The van der Waals surface area contributed by atoms with Gasteiger partial charge < -0.3 is 14.2 Å². The second kappa shape index (κ2) is 12.2. The van der Waals surface area contributed by atoms with Gasteiger partial charge in [0.2, 0.25) is 0 Å². The lowest BCUT2D eigenvalue weighted by molar-refractivity contribution is -0.261. The molecule has 152 valence electrons. The van der Waals surface area contributed by atoms with Crippen molar-refractivity contribution in [3.8, 4) is 11.5 Å². The van der Waals surface area contributed by atoms with Gasteiger partial charge in [-0.1, -0.05) is 18.2 Å². The molecule has 0 bridgehead atoms. The third-order valence-electron chi connectivity index (χ3n) is 4.07. The summed E-state index contributed by atoms with van der Waals surface area (Å²) in [6.07, 6.45) is 9.74. The second-order valence-corrected chi connectivity index (χ2v) is 5.96. The molecular formula is C25H29O4+. The lowest BCUT2D eigenvalue weighted by Crippen LogP contribution is -1.98. The van der Waals surface area contributed by atoms with Crippen LogP contribution in [0.5, 0.6) is 11.5 Å². The summed E-state index contributed by atoms with van der Waals surface area (Å²) >= 11 is 0. The van der Waals surface area contributed by atoms with Gasteiger partial charge in [0.25, 0.3) is 6.61 Å². The van der Waals surface area contributed by atoms with Gasteiger partial charge in [-0.05, 0) is 61.5 Å². The molecule has 2 aromatic carbocycles. The Hall–Kier alpha value is -3.27. The number of carbonyl (C=O) groups excluding carboxylic acids is 1. The van der Waals surface area contributed by atoms with E-state index in [1.807, 2.05) is 92.8 Å². The summed E-state index contributed by atoms with van der Waals surface area (Å²) in [6, 6.07) is 15.6. The Kier molecular flexibility index (Phi) is 9.30. The Morgan fingerprint density at radius 3 is 1.90 bits per heavy atom. The van der Waals surface area contributed by atoms with Gasteiger partial charge in [-0.2, -0.15) is 0 Å². The molecule has 0 atom stereocenters. The summed E-state index contributed by atoms with van der Waals surface area (Å²) < 4.78 is 21.9. The highest BCUT2D eigenvalue weighted by Crippen LogP contribution is 2.20. The van der Waals surface area contributed by atoms with Gasteiger partial charge in [-0.25, -0.2) is 0 Å². The average molecular weight is 394 g/mol. The molecule has 0 radical (unpaired) electrons. The van der Waals surface area contributed by atoms with Crippen molar-refractivity contribution in [2.24, 2.45) is 0 Å². The molecule has 0 aromatic heterocycles. The number of hydrogen-bond acceptors (Lipinski definition) is 3. The second-order valence-electron chi connectivity index (χ2n) is 5.96. The summed E-state index contributed by atoms with van der Waals surface area (Å²) in [5.74, 6) is 3.26. The van der Waals surface area contributed by atoms with E-state index in [0.29, 0.717) is 13.2 Å². The minimum atomic E-state index is 0.598. The molecule has 0 saturated heterocycles.